The number of rotatable bonds is 7. The molecule has 2 amide bonds. The van der Waals surface area contributed by atoms with Gasteiger partial charge >= 0.3 is 6.18 Å². The monoisotopic (exact) mass is 498 g/mol. The molecule has 178 valence electrons. The van der Waals surface area contributed by atoms with Crippen molar-refractivity contribution in [2.45, 2.75) is 11.3 Å². The number of nitrogens with one attached hydrogen (secondary N) is 2. The van der Waals surface area contributed by atoms with Gasteiger partial charge in [-0.1, -0.05) is 42.1 Å². The maximum atomic E-state index is 12.9. The highest BCUT2D eigenvalue weighted by Crippen LogP contribution is 2.30. The summed E-state index contributed by atoms with van der Waals surface area (Å²) in [7, 11) is 0. The first-order valence-corrected chi connectivity index (χ1v) is 11.1. The molecule has 0 fully saturated rings. The molecule has 3 aromatic carbocycles. The maximum absolute atomic E-state index is 12.9. The molecule has 1 aromatic heterocycles. The van der Waals surface area contributed by atoms with Gasteiger partial charge in [0.05, 0.1) is 17.0 Å². The molecular weight excluding hydrogens is 481 g/mol. The molecule has 0 bridgehead atoms. The number of alkyl halides is 3. The highest BCUT2D eigenvalue weighted by Gasteiger charge is 2.30. The number of carbonyl (C=O) groups excluding carboxylic acids is 2. The molecule has 12 heteroatoms. The van der Waals surface area contributed by atoms with Crippen molar-refractivity contribution in [2.24, 2.45) is 0 Å². The molecule has 0 spiro atoms. The van der Waals surface area contributed by atoms with Crippen LogP contribution in [-0.2, 0) is 11.0 Å². The van der Waals surface area contributed by atoms with Crippen LogP contribution in [-0.4, -0.2) is 37.8 Å². The fraction of sp³-hybridized carbons (Fsp3) is 0.0870. The van der Waals surface area contributed by atoms with Crippen molar-refractivity contribution in [3.63, 3.8) is 0 Å². The largest absolute Gasteiger partial charge is 0.416 e. The Balaban J connectivity index is 1.37. The molecule has 0 radical (unpaired) electrons. The van der Waals surface area contributed by atoms with Gasteiger partial charge < -0.3 is 10.6 Å². The van der Waals surface area contributed by atoms with Gasteiger partial charge in [-0.25, -0.2) is 0 Å². The summed E-state index contributed by atoms with van der Waals surface area (Å²) in [5.41, 5.74) is 0.412. The first-order valence-electron chi connectivity index (χ1n) is 10.1. The topological polar surface area (TPSA) is 102 Å². The van der Waals surface area contributed by atoms with Crippen LogP contribution in [0.2, 0.25) is 0 Å². The van der Waals surface area contributed by atoms with Crippen molar-refractivity contribution in [2.75, 3.05) is 16.4 Å². The quantitative estimate of drug-likeness (QED) is 0.359. The number of amides is 2. The zero-order valence-electron chi connectivity index (χ0n) is 17.9. The summed E-state index contributed by atoms with van der Waals surface area (Å²) >= 11 is 1.14. The van der Waals surface area contributed by atoms with Crippen LogP contribution in [0.3, 0.4) is 0 Å². The summed E-state index contributed by atoms with van der Waals surface area (Å²) in [5, 5.41) is 17.1. The lowest BCUT2D eigenvalue weighted by molar-refractivity contribution is -0.137. The molecule has 0 aliphatic carbocycles. The van der Waals surface area contributed by atoms with Gasteiger partial charge in [-0.05, 0) is 59.0 Å². The van der Waals surface area contributed by atoms with Gasteiger partial charge in [0.2, 0.25) is 11.1 Å². The molecule has 0 saturated carbocycles. The van der Waals surface area contributed by atoms with Crippen molar-refractivity contribution in [1.29, 1.82) is 0 Å². The summed E-state index contributed by atoms with van der Waals surface area (Å²) in [6.07, 6.45) is -4.52. The van der Waals surface area contributed by atoms with Crippen LogP contribution >= 0.6 is 11.8 Å². The first kappa shape index (κ1) is 24.0. The van der Waals surface area contributed by atoms with Crippen LogP contribution in [0.5, 0.6) is 0 Å². The second kappa shape index (κ2) is 10.4. The third kappa shape index (κ3) is 6.23. The standard InChI is InChI=1S/C23H17F3N6O2S/c24-23(25,26)16-7-5-9-18(13-16)28-21(34)15-6-4-8-17(12-15)27-20(33)14-35-22-29-30-31-32(22)19-10-2-1-3-11-19/h1-13H,14H2,(H,27,33)(H,28,34). The predicted molar refractivity (Wildman–Crippen MR) is 124 cm³/mol. The van der Waals surface area contributed by atoms with Crippen LogP contribution in [0.15, 0.2) is 84.0 Å². The number of aromatic nitrogens is 4. The molecule has 0 atom stereocenters. The van der Waals surface area contributed by atoms with Crippen LogP contribution in [0.4, 0.5) is 24.5 Å². The third-order valence-electron chi connectivity index (χ3n) is 4.63. The lowest BCUT2D eigenvalue weighted by Gasteiger charge is -2.11. The number of benzene rings is 3. The van der Waals surface area contributed by atoms with Crippen molar-refractivity contribution in [3.05, 3.63) is 90.0 Å². The number of tetrazole rings is 1. The van der Waals surface area contributed by atoms with E-state index in [1.54, 1.807) is 12.1 Å². The summed E-state index contributed by atoms with van der Waals surface area (Å²) in [4.78, 5) is 25.0. The summed E-state index contributed by atoms with van der Waals surface area (Å²) in [6, 6.07) is 19.6. The predicted octanol–water partition coefficient (Wildman–Crippen LogP) is 4.66. The Morgan fingerprint density at radius 1 is 0.886 bits per heavy atom. The number of hydrogen-bond acceptors (Lipinski definition) is 6. The van der Waals surface area contributed by atoms with Crippen molar-refractivity contribution in [1.82, 2.24) is 20.2 Å². The molecule has 0 aliphatic heterocycles. The van der Waals surface area contributed by atoms with E-state index in [2.05, 4.69) is 26.2 Å². The number of anilines is 2. The Bertz CT molecular complexity index is 1340. The average molecular weight is 498 g/mol. The number of hydrogen-bond donors (Lipinski definition) is 2. The van der Waals surface area contributed by atoms with E-state index in [0.717, 1.165) is 29.6 Å². The Labute approximate surface area is 201 Å². The van der Waals surface area contributed by atoms with E-state index in [-0.39, 0.29) is 22.9 Å². The molecular formula is C23H17F3N6O2S. The van der Waals surface area contributed by atoms with Crippen molar-refractivity contribution >= 4 is 35.0 Å². The van der Waals surface area contributed by atoms with E-state index in [9.17, 15) is 22.8 Å². The lowest BCUT2D eigenvalue weighted by atomic mass is 10.1. The van der Waals surface area contributed by atoms with Crippen LogP contribution in [0.25, 0.3) is 5.69 Å². The van der Waals surface area contributed by atoms with Crippen molar-refractivity contribution < 1.29 is 22.8 Å². The van der Waals surface area contributed by atoms with E-state index in [0.29, 0.717) is 10.8 Å². The molecule has 1 heterocycles. The fourth-order valence-corrected chi connectivity index (χ4v) is 3.73. The number of thioether (sulfide) groups is 1. The highest BCUT2D eigenvalue weighted by molar-refractivity contribution is 7.99. The Kier molecular flexibility index (Phi) is 7.11. The third-order valence-corrected chi connectivity index (χ3v) is 5.55. The minimum absolute atomic E-state index is 0.00630. The Morgan fingerprint density at radius 3 is 2.34 bits per heavy atom. The van der Waals surface area contributed by atoms with E-state index in [1.807, 2.05) is 30.3 Å². The second-order valence-electron chi connectivity index (χ2n) is 7.16. The van der Waals surface area contributed by atoms with Gasteiger partial charge in [0, 0.05) is 16.9 Å². The molecule has 8 nitrogen and oxygen atoms in total. The Morgan fingerprint density at radius 2 is 1.60 bits per heavy atom. The summed E-state index contributed by atoms with van der Waals surface area (Å²) in [6.45, 7) is 0. The molecule has 4 rings (SSSR count). The highest BCUT2D eigenvalue weighted by atomic mass is 32.2. The van der Waals surface area contributed by atoms with Gasteiger partial charge in [0.1, 0.15) is 0 Å². The maximum Gasteiger partial charge on any atom is 0.416 e. The zero-order valence-corrected chi connectivity index (χ0v) is 18.7. The van der Waals surface area contributed by atoms with Gasteiger partial charge in [0.15, 0.2) is 0 Å². The second-order valence-corrected chi connectivity index (χ2v) is 8.10. The molecule has 4 aromatic rings. The van der Waals surface area contributed by atoms with Crippen LogP contribution < -0.4 is 10.6 Å². The van der Waals surface area contributed by atoms with E-state index in [4.69, 9.17) is 0 Å². The first-order chi connectivity index (χ1) is 16.8. The van der Waals surface area contributed by atoms with Crippen LogP contribution in [0.1, 0.15) is 15.9 Å². The number of para-hydroxylation sites is 1. The van der Waals surface area contributed by atoms with Gasteiger partial charge in [0.25, 0.3) is 5.91 Å². The number of carbonyl (C=O) groups is 2. The van der Waals surface area contributed by atoms with Crippen LogP contribution in [0, 0.1) is 0 Å². The minimum atomic E-state index is -4.52. The average Bonchev–Trinajstić information content (AvgIpc) is 3.32. The van der Waals surface area contributed by atoms with E-state index in [1.165, 1.54) is 28.9 Å². The molecule has 2 N–H and O–H groups in total. The minimum Gasteiger partial charge on any atom is -0.325 e. The van der Waals surface area contributed by atoms with Crippen molar-refractivity contribution in [3.8, 4) is 5.69 Å². The molecule has 0 aliphatic rings. The van der Waals surface area contributed by atoms with E-state index < -0.39 is 17.6 Å². The lowest BCUT2D eigenvalue weighted by Crippen LogP contribution is -2.16. The molecule has 35 heavy (non-hydrogen) atoms. The normalized spacial score (nSPS) is 11.2. The molecule has 0 saturated heterocycles. The molecule has 0 unspecified atom stereocenters. The SMILES string of the molecule is O=C(CSc1nnnn1-c1ccccc1)Nc1cccc(C(=O)Nc2cccc(C(F)(F)F)c2)c1. The smallest absolute Gasteiger partial charge is 0.325 e. The summed E-state index contributed by atoms with van der Waals surface area (Å²) in [5.74, 6) is -0.960. The van der Waals surface area contributed by atoms with Gasteiger partial charge in [-0.15, -0.1) is 5.10 Å². The number of nitrogens with zero attached hydrogens (tertiary/aromatic N) is 4. The van der Waals surface area contributed by atoms with E-state index >= 15 is 0 Å². The zero-order chi connectivity index (χ0) is 24.8. The summed E-state index contributed by atoms with van der Waals surface area (Å²) < 4.78 is 40.2. The number of halogens is 3. The van der Waals surface area contributed by atoms with Gasteiger partial charge in [-0.3, -0.25) is 9.59 Å². The Hall–Kier alpha value is -4.19. The van der Waals surface area contributed by atoms with Gasteiger partial charge in [-0.2, -0.15) is 17.9 Å². The fourth-order valence-electron chi connectivity index (χ4n) is 3.04.